The van der Waals surface area contributed by atoms with Gasteiger partial charge in [-0.2, -0.15) is 5.26 Å². The minimum absolute atomic E-state index is 0.0484. The summed E-state index contributed by atoms with van der Waals surface area (Å²) in [5.41, 5.74) is 0.963. The zero-order valence-corrected chi connectivity index (χ0v) is 16.3. The van der Waals surface area contributed by atoms with E-state index in [9.17, 15) is 14.4 Å². The van der Waals surface area contributed by atoms with Gasteiger partial charge in [0, 0.05) is 6.07 Å². The van der Waals surface area contributed by atoms with Crippen molar-refractivity contribution in [3.05, 3.63) is 59.4 Å². The number of amides is 1. The van der Waals surface area contributed by atoms with Crippen molar-refractivity contribution in [3.63, 3.8) is 0 Å². The lowest BCUT2D eigenvalue weighted by atomic mass is 9.78. The second-order valence-electron chi connectivity index (χ2n) is 7.41. The summed E-state index contributed by atoms with van der Waals surface area (Å²) < 4.78 is 19.1. The van der Waals surface area contributed by atoms with E-state index in [1.165, 1.54) is 12.1 Å². The molecule has 1 saturated carbocycles. The van der Waals surface area contributed by atoms with Crippen molar-refractivity contribution in [2.24, 2.45) is 0 Å². The van der Waals surface area contributed by atoms with E-state index in [2.05, 4.69) is 11.4 Å². The van der Waals surface area contributed by atoms with Gasteiger partial charge in [-0.25, -0.2) is 4.39 Å². The van der Waals surface area contributed by atoms with E-state index in [4.69, 9.17) is 4.74 Å². The summed E-state index contributed by atoms with van der Waals surface area (Å²) in [4.78, 5) is 13.3. The number of anilines is 1. The molecule has 1 N–H and O–H groups in total. The zero-order valence-electron chi connectivity index (χ0n) is 16.3. The van der Waals surface area contributed by atoms with Gasteiger partial charge in [0.15, 0.2) is 0 Å². The molecule has 1 aliphatic rings. The van der Waals surface area contributed by atoms with Crippen LogP contribution in [0.25, 0.3) is 0 Å². The number of nitriles is 1. The summed E-state index contributed by atoms with van der Waals surface area (Å²) in [6, 6.07) is 13.4. The van der Waals surface area contributed by atoms with Crippen LogP contribution in [-0.4, -0.2) is 12.0 Å². The molecule has 2 aromatic rings. The Kier molecular flexibility index (Phi) is 5.99. The molecule has 146 valence electrons. The summed E-state index contributed by atoms with van der Waals surface area (Å²) in [5.74, 6) is 0.141. The third-order valence-electron chi connectivity index (χ3n) is 5.56. The fraction of sp³-hybridized carbons (Fsp3) is 0.391. The van der Waals surface area contributed by atoms with Crippen LogP contribution in [0.4, 0.5) is 10.1 Å². The Hall–Kier alpha value is -2.87. The number of ether oxygens (including phenoxy) is 1. The molecule has 0 radical (unpaired) electrons. The lowest BCUT2D eigenvalue weighted by molar-refractivity contribution is -0.121. The van der Waals surface area contributed by atoms with E-state index in [-0.39, 0.29) is 17.8 Å². The molecule has 0 spiro atoms. The highest BCUT2D eigenvalue weighted by atomic mass is 19.1. The van der Waals surface area contributed by atoms with E-state index < -0.39 is 5.41 Å². The van der Waals surface area contributed by atoms with Crippen molar-refractivity contribution in [3.8, 4) is 11.8 Å². The summed E-state index contributed by atoms with van der Waals surface area (Å²) in [7, 11) is 0. The van der Waals surface area contributed by atoms with Gasteiger partial charge in [-0.15, -0.1) is 0 Å². The molecular formula is C23H25FN2O2. The second-order valence-corrected chi connectivity index (χ2v) is 7.41. The van der Waals surface area contributed by atoms with Crippen LogP contribution in [0.3, 0.4) is 0 Å². The van der Waals surface area contributed by atoms with Crippen LogP contribution < -0.4 is 10.1 Å². The molecule has 0 saturated heterocycles. The Morgan fingerprint density at radius 2 is 1.93 bits per heavy atom. The standard InChI is InChI=1S/C23H25FN2O2/c1-3-16(2)28-20-10-11-21(17(14-20)15-25)26-22(27)23(12-4-5-13-23)18-6-8-19(24)9-7-18/h6-11,14,16H,3-5,12-13H2,1-2H3,(H,26,27)/t16-/m0/s1. The van der Waals surface area contributed by atoms with E-state index in [1.54, 1.807) is 30.3 Å². The van der Waals surface area contributed by atoms with Crippen molar-refractivity contribution < 1.29 is 13.9 Å². The SMILES string of the molecule is CC[C@H](C)Oc1ccc(NC(=O)C2(c3ccc(F)cc3)CCCC2)c(C#N)c1. The van der Waals surface area contributed by atoms with Crippen molar-refractivity contribution in [2.75, 3.05) is 5.32 Å². The number of halogens is 1. The van der Waals surface area contributed by atoms with Gasteiger partial charge in [-0.3, -0.25) is 4.79 Å². The van der Waals surface area contributed by atoms with Gasteiger partial charge in [-0.1, -0.05) is 31.9 Å². The molecule has 1 amide bonds. The van der Waals surface area contributed by atoms with Crippen molar-refractivity contribution in [2.45, 2.75) is 57.5 Å². The first-order chi connectivity index (χ1) is 13.5. The summed E-state index contributed by atoms with van der Waals surface area (Å²) in [5, 5.41) is 12.5. The van der Waals surface area contributed by atoms with E-state index in [0.29, 0.717) is 29.8 Å². The highest BCUT2D eigenvalue weighted by Crippen LogP contribution is 2.42. The van der Waals surface area contributed by atoms with Crippen LogP contribution in [0.1, 0.15) is 57.1 Å². The van der Waals surface area contributed by atoms with Gasteiger partial charge >= 0.3 is 0 Å². The van der Waals surface area contributed by atoms with Gasteiger partial charge in [0.2, 0.25) is 5.91 Å². The molecule has 2 aromatic carbocycles. The molecule has 1 atom stereocenters. The molecule has 1 aliphatic carbocycles. The lowest BCUT2D eigenvalue weighted by Crippen LogP contribution is -2.38. The average Bonchev–Trinajstić information content (AvgIpc) is 3.20. The van der Waals surface area contributed by atoms with Crippen molar-refractivity contribution in [1.82, 2.24) is 0 Å². The maximum absolute atomic E-state index is 13.4. The number of hydrogen-bond acceptors (Lipinski definition) is 3. The molecule has 28 heavy (non-hydrogen) atoms. The van der Waals surface area contributed by atoms with Gasteiger partial charge < -0.3 is 10.1 Å². The van der Waals surface area contributed by atoms with Crippen LogP contribution in [0.15, 0.2) is 42.5 Å². The molecule has 0 unspecified atom stereocenters. The number of nitrogens with zero attached hydrogens (tertiary/aromatic N) is 1. The highest BCUT2D eigenvalue weighted by molar-refractivity contribution is 6.00. The third-order valence-corrected chi connectivity index (χ3v) is 5.56. The van der Waals surface area contributed by atoms with Gasteiger partial charge in [0.25, 0.3) is 0 Å². The largest absolute Gasteiger partial charge is 0.491 e. The van der Waals surface area contributed by atoms with E-state index in [0.717, 1.165) is 24.8 Å². The molecule has 3 rings (SSSR count). The Labute approximate surface area is 165 Å². The predicted molar refractivity (Wildman–Crippen MR) is 107 cm³/mol. The number of benzene rings is 2. The van der Waals surface area contributed by atoms with E-state index >= 15 is 0 Å². The Balaban J connectivity index is 1.86. The van der Waals surface area contributed by atoms with Crippen LogP contribution in [0, 0.1) is 17.1 Å². The van der Waals surface area contributed by atoms with Crippen molar-refractivity contribution in [1.29, 1.82) is 5.26 Å². The van der Waals surface area contributed by atoms with Gasteiger partial charge in [0.05, 0.1) is 22.8 Å². The molecule has 5 heteroatoms. The Bertz CT molecular complexity index is 880. The maximum atomic E-state index is 13.4. The van der Waals surface area contributed by atoms with Crippen LogP contribution in [-0.2, 0) is 10.2 Å². The van der Waals surface area contributed by atoms with E-state index in [1.807, 2.05) is 13.8 Å². The molecular weight excluding hydrogens is 355 g/mol. The second kappa shape index (κ2) is 8.43. The monoisotopic (exact) mass is 380 g/mol. The predicted octanol–water partition coefficient (Wildman–Crippen LogP) is 5.33. The summed E-state index contributed by atoms with van der Waals surface area (Å²) in [6.45, 7) is 4.00. The topological polar surface area (TPSA) is 62.1 Å². The van der Waals surface area contributed by atoms with Gasteiger partial charge in [0.1, 0.15) is 17.6 Å². The number of nitrogens with one attached hydrogen (secondary N) is 1. The Morgan fingerprint density at radius 3 is 2.54 bits per heavy atom. The van der Waals surface area contributed by atoms with Crippen molar-refractivity contribution >= 4 is 11.6 Å². The van der Waals surface area contributed by atoms with Gasteiger partial charge in [-0.05, 0) is 56.0 Å². The van der Waals surface area contributed by atoms with Crippen LogP contribution in [0.5, 0.6) is 5.75 Å². The summed E-state index contributed by atoms with van der Waals surface area (Å²) >= 11 is 0. The van der Waals surface area contributed by atoms with Crippen LogP contribution in [0.2, 0.25) is 0 Å². The fourth-order valence-electron chi connectivity index (χ4n) is 3.75. The molecule has 0 aliphatic heterocycles. The molecule has 1 fully saturated rings. The minimum atomic E-state index is -0.688. The lowest BCUT2D eigenvalue weighted by Gasteiger charge is -2.28. The highest BCUT2D eigenvalue weighted by Gasteiger charge is 2.42. The number of carbonyl (C=O) groups is 1. The quantitative estimate of drug-likeness (QED) is 0.737. The third kappa shape index (κ3) is 4.01. The number of carbonyl (C=O) groups excluding carboxylic acids is 1. The average molecular weight is 380 g/mol. The molecule has 0 aromatic heterocycles. The smallest absolute Gasteiger partial charge is 0.235 e. The minimum Gasteiger partial charge on any atom is -0.491 e. The maximum Gasteiger partial charge on any atom is 0.235 e. The summed E-state index contributed by atoms with van der Waals surface area (Å²) in [6.07, 6.45) is 4.21. The first kappa shape index (κ1) is 19.9. The first-order valence-corrected chi connectivity index (χ1v) is 9.77. The number of rotatable bonds is 6. The normalized spacial score (nSPS) is 16.2. The molecule has 4 nitrogen and oxygen atoms in total. The number of hydrogen-bond donors (Lipinski definition) is 1. The fourth-order valence-corrected chi connectivity index (χ4v) is 3.75. The first-order valence-electron chi connectivity index (χ1n) is 9.77. The molecule has 0 heterocycles. The Morgan fingerprint density at radius 1 is 1.25 bits per heavy atom. The zero-order chi connectivity index (χ0) is 20.1. The van der Waals surface area contributed by atoms with Crippen LogP contribution >= 0.6 is 0 Å². The molecule has 0 bridgehead atoms.